The molecule has 3 heterocycles. The minimum Gasteiger partial charge on any atom is -0.455 e. The average molecular weight is 677 g/mol. The Morgan fingerprint density at radius 1 is 0.519 bits per heavy atom. The van der Waals surface area contributed by atoms with Crippen molar-refractivity contribution in [3.05, 3.63) is 145 Å². The highest BCUT2D eigenvalue weighted by Gasteiger charge is 2.27. The van der Waals surface area contributed by atoms with Crippen LogP contribution in [0.5, 0.6) is 0 Å². The Hall–Kier alpha value is -6.47. The van der Waals surface area contributed by atoms with Gasteiger partial charge in [0.05, 0.1) is 11.3 Å². The topological polar surface area (TPSA) is 82.5 Å². The fraction of sp³-hybridized carbons (Fsp3) is 0.133. The van der Waals surface area contributed by atoms with Crippen LogP contribution >= 0.6 is 0 Å². The highest BCUT2D eigenvalue weighted by Crippen LogP contribution is 2.42. The second-order valence-corrected chi connectivity index (χ2v) is 13.9. The molecule has 7 heteroatoms. The minimum atomic E-state index is 0.200. The molecule has 0 bridgehead atoms. The van der Waals surface area contributed by atoms with E-state index in [1.54, 1.807) is 0 Å². The molecule has 9 rings (SSSR count). The van der Waals surface area contributed by atoms with Crippen molar-refractivity contribution < 1.29 is 4.42 Å². The number of hydrogen-bond donors (Lipinski definition) is 0. The predicted octanol–water partition coefficient (Wildman–Crippen LogP) is 11.4. The van der Waals surface area contributed by atoms with E-state index in [-0.39, 0.29) is 11.8 Å². The van der Waals surface area contributed by atoms with Gasteiger partial charge in [-0.3, -0.25) is 4.57 Å². The highest BCUT2D eigenvalue weighted by atomic mass is 16.3. The molecule has 0 aliphatic carbocycles. The number of nitrogens with zero attached hydrogens (tertiary/aromatic N) is 6. The van der Waals surface area contributed by atoms with Crippen molar-refractivity contribution in [1.29, 1.82) is 0 Å². The molecule has 0 unspecified atom stereocenters. The van der Waals surface area contributed by atoms with Gasteiger partial charge in [-0.2, -0.15) is 0 Å². The summed E-state index contributed by atoms with van der Waals surface area (Å²) in [6, 6.07) is 47.0. The number of hydrogen-bond acceptors (Lipinski definition) is 6. The molecule has 0 atom stereocenters. The van der Waals surface area contributed by atoms with Crippen molar-refractivity contribution in [2.24, 2.45) is 0 Å². The van der Waals surface area contributed by atoms with Crippen molar-refractivity contribution in [2.45, 2.75) is 39.5 Å². The first-order chi connectivity index (χ1) is 25.4. The third-order valence-corrected chi connectivity index (χ3v) is 9.96. The largest absolute Gasteiger partial charge is 0.455 e. The van der Waals surface area contributed by atoms with Gasteiger partial charge in [-0.05, 0) is 97.1 Å². The number of furan rings is 1. The second-order valence-electron chi connectivity index (χ2n) is 13.9. The molecule has 52 heavy (non-hydrogen) atoms. The van der Waals surface area contributed by atoms with E-state index in [9.17, 15) is 0 Å². The maximum atomic E-state index is 6.79. The van der Waals surface area contributed by atoms with Gasteiger partial charge in [0.1, 0.15) is 11.2 Å². The van der Waals surface area contributed by atoms with Crippen LogP contribution in [0.15, 0.2) is 138 Å². The van der Waals surface area contributed by atoms with Gasteiger partial charge >= 0.3 is 0 Å². The van der Waals surface area contributed by atoms with Gasteiger partial charge in [-0.25, -0.2) is 4.98 Å². The molecular formula is C45H36N6O. The number of fused-ring (bicyclic) bond motifs is 4. The molecular weight excluding hydrogens is 641 g/mol. The van der Waals surface area contributed by atoms with E-state index in [1.165, 1.54) is 33.4 Å². The molecule has 0 N–H and O–H groups in total. The first-order valence-corrected chi connectivity index (χ1v) is 17.7. The van der Waals surface area contributed by atoms with Gasteiger partial charge in [0, 0.05) is 10.8 Å². The van der Waals surface area contributed by atoms with E-state index in [0.29, 0.717) is 17.1 Å². The standard InChI is InChI=1S/C45H36N6O/c1-27(2)38-24-34(30-14-9-6-10-15-30)25-39(28(3)4)41(38)51-44(46-43-45(51)48-50-49-47-43)37-17-11-16-36-35-23-22-33(26-40(35)52-42(36)37)32-20-18-31(19-21-32)29-12-7-5-8-13-29/h5-28H,1-4H3. The average Bonchev–Trinajstić information content (AvgIpc) is 3.76. The quantitative estimate of drug-likeness (QED) is 0.167. The Bertz CT molecular complexity index is 2700. The molecule has 0 aliphatic rings. The van der Waals surface area contributed by atoms with Crippen molar-refractivity contribution in [2.75, 3.05) is 0 Å². The van der Waals surface area contributed by atoms with Crippen LogP contribution in [0.25, 0.3) is 83.7 Å². The van der Waals surface area contributed by atoms with Gasteiger partial charge in [-0.1, -0.05) is 131 Å². The van der Waals surface area contributed by atoms with Crippen molar-refractivity contribution in [3.63, 3.8) is 0 Å². The molecule has 9 aromatic rings. The summed E-state index contributed by atoms with van der Waals surface area (Å²) in [5, 5.41) is 18.8. The van der Waals surface area contributed by atoms with E-state index in [0.717, 1.165) is 44.3 Å². The van der Waals surface area contributed by atoms with E-state index in [2.05, 4.69) is 180 Å². The summed E-state index contributed by atoms with van der Waals surface area (Å²) >= 11 is 0. The normalized spacial score (nSPS) is 11.8. The molecule has 7 nitrogen and oxygen atoms in total. The van der Waals surface area contributed by atoms with E-state index in [1.807, 2.05) is 6.07 Å². The molecule has 0 spiro atoms. The van der Waals surface area contributed by atoms with E-state index >= 15 is 0 Å². The summed E-state index contributed by atoms with van der Waals surface area (Å²) in [6.45, 7) is 8.92. The summed E-state index contributed by atoms with van der Waals surface area (Å²) in [5.74, 6) is 1.08. The van der Waals surface area contributed by atoms with Crippen LogP contribution in [0.3, 0.4) is 0 Å². The smallest absolute Gasteiger partial charge is 0.224 e. The molecule has 0 saturated heterocycles. The van der Waals surface area contributed by atoms with Crippen LogP contribution in [-0.4, -0.2) is 30.2 Å². The lowest BCUT2D eigenvalue weighted by Crippen LogP contribution is -2.10. The Morgan fingerprint density at radius 3 is 1.75 bits per heavy atom. The molecule has 0 saturated carbocycles. The summed E-state index contributed by atoms with van der Waals surface area (Å²) < 4.78 is 8.91. The lowest BCUT2D eigenvalue weighted by atomic mass is 9.88. The maximum absolute atomic E-state index is 6.79. The second kappa shape index (κ2) is 12.7. The highest BCUT2D eigenvalue weighted by molar-refractivity contribution is 6.10. The molecule has 0 fully saturated rings. The summed E-state index contributed by atoms with van der Waals surface area (Å²) in [4.78, 5) is 5.09. The Kier molecular flexibility index (Phi) is 7.69. The lowest BCUT2D eigenvalue weighted by molar-refractivity contribution is 0.669. The van der Waals surface area contributed by atoms with Gasteiger partial charge < -0.3 is 4.42 Å². The van der Waals surface area contributed by atoms with Gasteiger partial charge in [0.2, 0.25) is 11.3 Å². The van der Waals surface area contributed by atoms with Gasteiger partial charge in [-0.15, -0.1) is 10.2 Å². The summed E-state index contributed by atoms with van der Waals surface area (Å²) in [7, 11) is 0. The zero-order valence-electron chi connectivity index (χ0n) is 29.4. The van der Waals surface area contributed by atoms with E-state index in [4.69, 9.17) is 9.40 Å². The Labute approximate surface area is 301 Å². The van der Waals surface area contributed by atoms with Crippen molar-refractivity contribution in [1.82, 2.24) is 30.2 Å². The van der Waals surface area contributed by atoms with Crippen LogP contribution in [0.1, 0.15) is 50.7 Å². The van der Waals surface area contributed by atoms with Crippen LogP contribution in [0.4, 0.5) is 0 Å². The van der Waals surface area contributed by atoms with E-state index < -0.39 is 0 Å². The zero-order valence-corrected chi connectivity index (χ0v) is 29.4. The SMILES string of the molecule is CC(C)c1cc(-c2ccccc2)cc(C(C)C)c1-n1c(-c2cccc3c2oc2cc(-c4ccc(-c5ccccc5)cc4)ccc23)nc2nnnnc21. The maximum Gasteiger partial charge on any atom is 0.224 e. The number of para-hydroxylation sites is 1. The monoisotopic (exact) mass is 676 g/mol. The lowest BCUT2D eigenvalue weighted by Gasteiger charge is -2.23. The summed E-state index contributed by atoms with van der Waals surface area (Å²) in [5.41, 5.74) is 13.8. The van der Waals surface area contributed by atoms with Crippen LogP contribution in [0, 0.1) is 0 Å². The van der Waals surface area contributed by atoms with Crippen LogP contribution in [0.2, 0.25) is 0 Å². The molecule has 0 aliphatic heterocycles. The number of imidazole rings is 1. The Morgan fingerprint density at radius 2 is 1.10 bits per heavy atom. The fourth-order valence-electron chi connectivity index (χ4n) is 7.33. The Balaban J connectivity index is 1.23. The number of benzene rings is 6. The zero-order chi connectivity index (χ0) is 35.3. The fourth-order valence-corrected chi connectivity index (χ4v) is 7.33. The van der Waals surface area contributed by atoms with Gasteiger partial charge in [0.25, 0.3) is 0 Å². The van der Waals surface area contributed by atoms with Crippen molar-refractivity contribution in [3.8, 4) is 50.5 Å². The van der Waals surface area contributed by atoms with Crippen molar-refractivity contribution >= 4 is 33.2 Å². The first kappa shape index (κ1) is 31.5. The molecule has 3 aromatic heterocycles. The van der Waals surface area contributed by atoms with Crippen LogP contribution < -0.4 is 0 Å². The molecule has 0 amide bonds. The minimum absolute atomic E-state index is 0.200. The number of rotatable bonds is 7. The predicted molar refractivity (Wildman–Crippen MR) is 209 cm³/mol. The van der Waals surface area contributed by atoms with Crippen LogP contribution in [-0.2, 0) is 0 Å². The molecule has 252 valence electrons. The third-order valence-electron chi connectivity index (χ3n) is 9.96. The first-order valence-electron chi connectivity index (χ1n) is 17.7. The molecule has 6 aromatic carbocycles. The number of aromatic nitrogens is 6. The third kappa shape index (κ3) is 5.33. The summed E-state index contributed by atoms with van der Waals surface area (Å²) in [6.07, 6.45) is 0. The van der Waals surface area contributed by atoms with Gasteiger partial charge in [0.15, 0.2) is 5.82 Å². The molecule has 0 radical (unpaired) electrons.